The molecule has 3 rings (SSSR count). The van der Waals surface area contributed by atoms with Crippen molar-refractivity contribution in [2.75, 3.05) is 10.6 Å². The van der Waals surface area contributed by atoms with E-state index in [0.29, 0.717) is 35.3 Å². The molecule has 2 aromatic carbocycles. The van der Waals surface area contributed by atoms with E-state index >= 15 is 0 Å². The molecule has 2 amide bonds. The molecular formula is C44H68N4O6U. The summed E-state index contributed by atoms with van der Waals surface area (Å²) in [5.41, 5.74) is 3.56. The maximum absolute atomic E-state index is 12.8. The normalized spacial score (nSPS) is 16.1. The summed E-state index contributed by atoms with van der Waals surface area (Å²) in [5, 5.41) is 28.6. The third kappa shape index (κ3) is 17.3. The van der Waals surface area contributed by atoms with E-state index in [0.717, 1.165) is 88.2 Å². The number of carbonyl (C=O) groups excluding carboxylic acids is 2. The summed E-state index contributed by atoms with van der Waals surface area (Å²) in [6.07, 6.45) is 18.7. The molecule has 1 aliphatic carbocycles. The molecule has 2 aromatic rings. The Bertz CT molecular complexity index is 1510. The summed E-state index contributed by atoms with van der Waals surface area (Å²) < 4.78 is 17.2. The van der Waals surface area contributed by atoms with Crippen molar-refractivity contribution < 1.29 is 52.1 Å². The van der Waals surface area contributed by atoms with Gasteiger partial charge in [-0.3, -0.25) is 19.6 Å². The summed E-state index contributed by atoms with van der Waals surface area (Å²) in [6.45, 7) is 17.0. The molecule has 0 aliphatic heterocycles. The molecule has 10 nitrogen and oxygen atoms in total. The number of hydrogen-bond acceptors (Lipinski definition) is 8. The average Bonchev–Trinajstić information content (AvgIpc) is 3.11. The number of rotatable bonds is 18. The molecule has 4 N–H and O–H groups in total. The molecule has 0 bridgehead atoms. The Morgan fingerprint density at radius 1 is 0.655 bits per heavy atom. The number of anilines is 2. The number of nitrogens with one attached hydrogen (secondary N) is 2. The van der Waals surface area contributed by atoms with Crippen LogP contribution in [0.25, 0.3) is 0 Å². The minimum absolute atomic E-state index is 0.0198. The zero-order valence-corrected chi connectivity index (χ0v) is 39.0. The first-order chi connectivity index (χ1) is 26.0. The fourth-order valence-corrected chi connectivity index (χ4v) is 6.56. The van der Waals surface area contributed by atoms with Gasteiger partial charge in [-0.25, -0.2) is 0 Å². The van der Waals surface area contributed by atoms with E-state index < -0.39 is 27.8 Å². The summed E-state index contributed by atoms with van der Waals surface area (Å²) in [5.74, 6) is -0.143. The third-order valence-corrected chi connectivity index (χ3v) is 10.1. The van der Waals surface area contributed by atoms with E-state index in [9.17, 15) is 19.8 Å². The van der Waals surface area contributed by atoms with Gasteiger partial charge in [-0.05, 0) is 71.9 Å². The second-order valence-electron chi connectivity index (χ2n) is 16.9. The number of hydrogen-bond donors (Lipinski definition) is 4. The first-order valence-corrected chi connectivity index (χ1v) is 23.9. The summed E-state index contributed by atoms with van der Waals surface area (Å²) in [4.78, 5) is 35.7. The summed E-state index contributed by atoms with van der Waals surface area (Å²) in [6, 6.07) is 7.44. The molecule has 0 radical (unpaired) electrons. The molecule has 0 spiro atoms. The van der Waals surface area contributed by atoms with Crippen molar-refractivity contribution in [2.45, 2.75) is 181 Å². The fraction of sp³-hybridized carbons (Fsp3) is 0.636. The van der Waals surface area contributed by atoms with Gasteiger partial charge in [-0.2, -0.15) is 0 Å². The van der Waals surface area contributed by atoms with Crippen molar-refractivity contribution in [3.05, 3.63) is 46.5 Å². The van der Waals surface area contributed by atoms with Gasteiger partial charge in [0.25, 0.3) is 0 Å². The van der Waals surface area contributed by atoms with Crippen LogP contribution >= 0.6 is 0 Å². The summed E-state index contributed by atoms with van der Waals surface area (Å²) in [7, 11) is 0. The van der Waals surface area contributed by atoms with Crippen molar-refractivity contribution in [1.82, 2.24) is 0 Å². The fourth-order valence-electron chi connectivity index (χ4n) is 6.56. The van der Waals surface area contributed by atoms with Crippen LogP contribution in [0.5, 0.6) is 11.5 Å². The molecule has 0 saturated heterocycles. The molecule has 0 unspecified atom stereocenters. The van der Waals surface area contributed by atoms with Crippen molar-refractivity contribution in [2.24, 2.45) is 9.98 Å². The Kier molecular flexibility index (Phi) is 21.5. The van der Waals surface area contributed by atoms with Crippen LogP contribution in [-0.2, 0) is 24.9 Å². The zero-order chi connectivity index (χ0) is 41.0. The topological polar surface area (TPSA) is 158 Å². The van der Waals surface area contributed by atoms with Gasteiger partial charge in [0, 0.05) is 36.4 Å². The number of aromatic hydroxyl groups is 2. The molecule has 1 saturated carbocycles. The molecule has 11 heteroatoms. The van der Waals surface area contributed by atoms with Gasteiger partial charge in [0.1, 0.15) is 11.5 Å². The number of phenols is 2. The van der Waals surface area contributed by atoms with Crippen LogP contribution < -0.4 is 10.6 Å². The number of phenolic OH excluding ortho intramolecular Hbond substituents is 2. The molecule has 0 heterocycles. The van der Waals surface area contributed by atoms with Crippen molar-refractivity contribution in [3.63, 3.8) is 0 Å². The van der Waals surface area contributed by atoms with Crippen LogP contribution in [0.3, 0.4) is 0 Å². The van der Waals surface area contributed by atoms with Crippen LogP contribution in [-0.4, -0.2) is 46.5 Å². The van der Waals surface area contributed by atoms with Gasteiger partial charge in [0.2, 0.25) is 11.8 Å². The van der Waals surface area contributed by atoms with Crippen LogP contribution in [0.4, 0.5) is 11.4 Å². The van der Waals surface area contributed by atoms with E-state index in [4.69, 9.17) is 14.5 Å². The SMILES string of the molecule is CCCCCCCC(=O)Nc1cc(C(C)(C)C)cc(C=N[C@H]2CCCC[C@H]2N=Cc2cc(C(C)(C)C)cc(NC(=O)CCCCCCC)c2O)c1O.[O]=[U]=[O]. The maximum atomic E-state index is 12.8. The van der Waals surface area contributed by atoms with Gasteiger partial charge >= 0.3 is 32.3 Å². The Labute approximate surface area is 345 Å². The standard InChI is InChI=1S/C44H68N4O4.2O.U/c1-9-11-13-15-17-23-39(49)47-37-27-33(43(3,4)5)25-31(41(37)51)29-45-35-21-19-20-22-36(35)46-30-32-26-34(44(6,7)8)28-38(42(32)52)48-40(50)24-18-16-14-12-10-2;;;/h25-30,35-36,51-52H,9-24H2,1-8H3,(H,47,49)(H,48,50);;;/t35-,36+;;;. The number of aliphatic imine (C=N–C) groups is 2. The van der Waals surface area contributed by atoms with E-state index in [1.807, 2.05) is 24.3 Å². The zero-order valence-electron chi connectivity index (χ0n) is 34.9. The second-order valence-corrected chi connectivity index (χ2v) is 17.6. The predicted molar refractivity (Wildman–Crippen MR) is 220 cm³/mol. The van der Waals surface area contributed by atoms with Gasteiger partial charge in [0.15, 0.2) is 0 Å². The van der Waals surface area contributed by atoms with Crippen molar-refractivity contribution in [1.29, 1.82) is 0 Å². The first kappa shape index (κ1) is 48.1. The molecule has 1 fully saturated rings. The quantitative estimate of drug-likeness (QED) is 0.0662. The van der Waals surface area contributed by atoms with Crippen LogP contribution in [0.15, 0.2) is 34.3 Å². The second kappa shape index (κ2) is 24.6. The molecular weight excluding hydrogens is 919 g/mol. The van der Waals surface area contributed by atoms with E-state index in [1.54, 1.807) is 12.4 Å². The molecule has 1 aliphatic rings. The van der Waals surface area contributed by atoms with E-state index in [1.165, 1.54) is 12.8 Å². The first-order valence-electron chi connectivity index (χ1n) is 20.5. The van der Waals surface area contributed by atoms with E-state index in [2.05, 4.69) is 66.0 Å². The minimum atomic E-state index is -2.51. The molecule has 0 aromatic heterocycles. The number of amides is 2. The Balaban J connectivity index is 0.00000337. The van der Waals surface area contributed by atoms with Gasteiger partial charge in [0.05, 0.1) is 23.5 Å². The number of carbonyl (C=O) groups is 2. The molecule has 304 valence electrons. The van der Waals surface area contributed by atoms with Crippen LogP contribution in [0, 0.1) is 27.8 Å². The molecule has 55 heavy (non-hydrogen) atoms. The van der Waals surface area contributed by atoms with Crippen molar-refractivity contribution in [3.8, 4) is 11.5 Å². The summed E-state index contributed by atoms with van der Waals surface area (Å²) >= 11 is -2.51. The van der Waals surface area contributed by atoms with Gasteiger partial charge in [-0.15, -0.1) is 0 Å². The number of unbranched alkanes of at least 4 members (excludes halogenated alkanes) is 8. The number of nitrogens with zero attached hydrogens (tertiary/aromatic N) is 2. The Hall–Kier alpha value is -3.03. The van der Waals surface area contributed by atoms with E-state index in [-0.39, 0.29) is 46.2 Å². The van der Waals surface area contributed by atoms with Gasteiger partial charge in [-0.1, -0.05) is 120 Å². The molecule has 2 atom stereocenters. The third-order valence-electron chi connectivity index (χ3n) is 10.1. The number of benzene rings is 2. The van der Waals surface area contributed by atoms with Crippen molar-refractivity contribution >= 4 is 35.6 Å². The van der Waals surface area contributed by atoms with Crippen LogP contribution in [0.2, 0.25) is 0 Å². The monoisotopic (exact) mass is 987 g/mol. The average molecular weight is 987 g/mol. The Morgan fingerprint density at radius 3 is 1.33 bits per heavy atom. The van der Waals surface area contributed by atoms with Crippen LogP contribution in [0.1, 0.15) is 180 Å². The Morgan fingerprint density at radius 2 is 1.00 bits per heavy atom. The predicted octanol–water partition coefficient (Wildman–Crippen LogP) is 10.9. The van der Waals surface area contributed by atoms with Gasteiger partial charge < -0.3 is 20.8 Å².